The van der Waals surface area contributed by atoms with E-state index in [0.29, 0.717) is 48.4 Å². The summed E-state index contributed by atoms with van der Waals surface area (Å²) in [4.78, 5) is 10.6. The number of nitrogens with one attached hydrogen (secondary N) is 1. The van der Waals surface area contributed by atoms with Gasteiger partial charge in [-0.25, -0.2) is 0 Å². The molecular formula is C42H44ClN5O4. The smallest absolute Gasteiger partial charge is 0.142 e. The molecule has 1 fully saturated rings. The standard InChI is InChI=1S/C42H44ClN5O4/c1-29-34(6-3-7-37(29)38-8-4-9-40(30(38)2)50-17-5-15-48-16-12-36(49)26-48)28-52-42-20-41(51-27-33-18-32(21-44)23-46-24-33)35(19-39(42)43)25-47-22-31-10-13-45-14-11-31/h3-4,6-11,13-14,18-20,23-24,36,47,49H,5,12,15-17,22,25-28H2,1-2H3. The molecule has 0 amide bonds. The molecule has 10 heteroatoms. The molecule has 3 heterocycles. The van der Waals surface area contributed by atoms with Crippen molar-refractivity contribution >= 4 is 11.6 Å². The molecule has 1 atom stereocenters. The Balaban J connectivity index is 1.15. The van der Waals surface area contributed by atoms with Gasteiger partial charge in [-0.1, -0.05) is 41.9 Å². The van der Waals surface area contributed by atoms with Gasteiger partial charge in [0, 0.05) is 74.7 Å². The molecule has 2 N–H and O–H groups in total. The van der Waals surface area contributed by atoms with Gasteiger partial charge in [0.25, 0.3) is 0 Å². The van der Waals surface area contributed by atoms with E-state index in [1.165, 1.54) is 6.20 Å². The van der Waals surface area contributed by atoms with Crippen LogP contribution < -0.4 is 19.5 Å². The molecule has 0 aliphatic carbocycles. The normalized spacial score (nSPS) is 14.2. The number of rotatable bonds is 16. The lowest BCUT2D eigenvalue weighted by Gasteiger charge is -2.19. The molecule has 2 aromatic heterocycles. The number of benzene rings is 3. The SMILES string of the molecule is Cc1c(COc2cc(OCc3cncc(C#N)c3)c(CNCc3ccncc3)cc2Cl)cccc1-c1cccc(OCCCN2CCC(O)C2)c1C. The number of nitrogens with zero attached hydrogens (tertiary/aromatic N) is 4. The highest BCUT2D eigenvalue weighted by molar-refractivity contribution is 6.32. The summed E-state index contributed by atoms with van der Waals surface area (Å²) in [5.41, 5.74) is 8.73. The van der Waals surface area contributed by atoms with Crippen molar-refractivity contribution in [2.75, 3.05) is 26.2 Å². The van der Waals surface area contributed by atoms with Crippen LogP contribution in [0.5, 0.6) is 17.2 Å². The van der Waals surface area contributed by atoms with Crippen molar-refractivity contribution in [3.8, 4) is 34.4 Å². The van der Waals surface area contributed by atoms with Crippen molar-refractivity contribution in [2.24, 2.45) is 0 Å². The Morgan fingerprint density at radius 2 is 1.63 bits per heavy atom. The summed E-state index contributed by atoms with van der Waals surface area (Å²) in [7, 11) is 0. The molecule has 3 aromatic carbocycles. The second-order valence-corrected chi connectivity index (χ2v) is 13.5. The van der Waals surface area contributed by atoms with Gasteiger partial charge in [-0.2, -0.15) is 5.26 Å². The quantitative estimate of drug-likeness (QED) is 0.0999. The number of halogens is 1. The van der Waals surface area contributed by atoms with Crippen LogP contribution in [0.2, 0.25) is 5.02 Å². The number of aliphatic hydroxyl groups is 1. The van der Waals surface area contributed by atoms with Gasteiger partial charge in [0.1, 0.15) is 36.5 Å². The third kappa shape index (κ3) is 9.66. The predicted molar refractivity (Wildman–Crippen MR) is 202 cm³/mol. The van der Waals surface area contributed by atoms with Crippen molar-refractivity contribution in [3.63, 3.8) is 0 Å². The van der Waals surface area contributed by atoms with Crippen molar-refractivity contribution in [3.05, 3.63) is 135 Å². The van der Waals surface area contributed by atoms with Gasteiger partial charge >= 0.3 is 0 Å². The van der Waals surface area contributed by atoms with Crippen LogP contribution in [0.4, 0.5) is 0 Å². The minimum atomic E-state index is -0.201. The molecule has 0 saturated carbocycles. The maximum Gasteiger partial charge on any atom is 0.142 e. The first-order valence-corrected chi connectivity index (χ1v) is 18.0. The average Bonchev–Trinajstić information content (AvgIpc) is 3.58. The fourth-order valence-electron chi connectivity index (χ4n) is 6.43. The van der Waals surface area contributed by atoms with Gasteiger partial charge in [0.15, 0.2) is 0 Å². The first-order valence-electron chi connectivity index (χ1n) is 17.6. The Kier molecular flexibility index (Phi) is 12.7. The number of ether oxygens (including phenoxy) is 3. The Morgan fingerprint density at radius 1 is 0.846 bits per heavy atom. The number of hydrogen-bond donors (Lipinski definition) is 2. The summed E-state index contributed by atoms with van der Waals surface area (Å²) in [5.74, 6) is 2.02. The Labute approximate surface area is 310 Å². The lowest BCUT2D eigenvalue weighted by Crippen LogP contribution is -2.24. The predicted octanol–water partition coefficient (Wildman–Crippen LogP) is 7.57. The number of aliphatic hydroxyl groups excluding tert-OH is 1. The molecule has 0 spiro atoms. The summed E-state index contributed by atoms with van der Waals surface area (Å²) in [6.07, 6.45) is 8.32. The fraction of sp³-hybridized carbons (Fsp3) is 0.310. The van der Waals surface area contributed by atoms with Gasteiger partial charge < -0.3 is 29.5 Å². The lowest BCUT2D eigenvalue weighted by molar-refractivity contribution is 0.173. The molecule has 0 radical (unpaired) electrons. The topological polar surface area (TPSA) is 113 Å². The zero-order chi connectivity index (χ0) is 36.3. The maximum atomic E-state index is 9.80. The highest BCUT2D eigenvalue weighted by Gasteiger charge is 2.20. The maximum absolute atomic E-state index is 9.80. The van der Waals surface area contributed by atoms with Crippen LogP contribution in [0.3, 0.4) is 0 Å². The van der Waals surface area contributed by atoms with Crippen molar-refractivity contribution in [2.45, 2.75) is 59.1 Å². The van der Waals surface area contributed by atoms with Gasteiger partial charge in [0.2, 0.25) is 0 Å². The van der Waals surface area contributed by atoms with Gasteiger partial charge in [-0.15, -0.1) is 0 Å². The van der Waals surface area contributed by atoms with Crippen LogP contribution in [0.1, 0.15) is 51.8 Å². The number of likely N-dealkylation sites (tertiary alicyclic amines) is 1. The van der Waals surface area contributed by atoms with E-state index in [0.717, 1.165) is 82.7 Å². The Hall–Kier alpha value is -4.98. The van der Waals surface area contributed by atoms with Gasteiger partial charge in [0.05, 0.1) is 23.3 Å². The van der Waals surface area contributed by atoms with E-state index >= 15 is 0 Å². The highest BCUT2D eigenvalue weighted by atomic mass is 35.5. The highest BCUT2D eigenvalue weighted by Crippen LogP contribution is 2.36. The summed E-state index contributed by atoms with van der Waals surface area (Å²) >= 11 is 6.83. The van der Waals surface area contributed by atoms with Crippen LogP contribution in [-0.4, -0.2) is 52.3 Å². The van der Waals surface area contributed by atoms with E-state index in [4.69, 9.17) is 25.8 Å². The van der Waals surface area contributed by atoms with E-state index in [2.05, 4.69) is 64.4 Å². The first kappa shape index (κ1) is 36.8. The van der Waals surface area contributed by atoms with Crippen LogP contribution in [0, 0.1) is 25.2 Å². The second-order valence-electron chi connectivity index (χ2n) is 13.1. The van der Waals surface area contributed by atoms with Crippen molar-refractivity contribution in [1.82, 2.24) is 20.2 Å². The van der Waals surface area contributed by atoms with E-state index in [9.17, 15) is 10.4 Å². The second kappa shape index (κ2) is 18.0. The molecule has 1 aliphatic heterocycles. The summed E-state index contributed by atoms with van der Waals surface area (Å²) in [6.45, 7) is 9.17. The van der Waals surface area contributed by atoms with E-state index in [1.807, 2.05) is 36.4 Å². The third-order valence-corrected chi connectivity index (χ3v) is 9.65. The van der Waals surface area contributed by atoms with Crippen molar-refractivity contribution < 1.29 is 19.3 Å². The summed E-state index contributed by atoms with van der Waals surface area (Å²) < 4.78 is 18.9. The zero-order valence-corrected chi connectivity index (χ0v) is 30.4. The number of nitriles is 1. The van der Waals surface area contributed by atoms with Gasteiger partial charge in [-0.05, 0) is 90.4 Å². The molecular weight excluding hydrogens is 674 g/mol. The third-order valence-electron chi connectivity index (χ3n) is 9.35. The molecule has 268 valence electrons. The molecule has 0 bridgehead atoms. The Bertz CT molecular complexity index is 2000. The number of hydrogen-bond acceptors (Lipinski definition) is 9. The van der Waals surface area contributed by atoms with E-state index < -0.39 is 0 Å². The molecule has 6 rings (SSSR count). The van der Waals surface area contributed by atoms with Crippen LogP contribution in [0.15, 0.2) is 91.5 Å². The molecule has 5 aromatic rings. The van der Waals surface area contributed by atoms with E-state index in [1.54, 1.807) is 24.7 Å². The lowest BCUT2D eigenvalue weighted by atomic mass is 9.93. The van der Waals surface area contributed by atoms with Crippen LogP contribution in [0.25, 0.3) is 11.1 Å². The molecule has 1 saturated heterocycles. The van der Waals surface area contributed by atoms with Crippen molar-refractivity contribution in [1.29, 1.82) is 5.26 Å². The van der Waals surface area contributed by atoms with Crippen LogP contribution >= 0.6 is 11.6 Å². The number of aromatic nitrogens is 2. The zero-order valence-electron chi connectivity index (χ0n) is 29.6. The molecule has 52 heavy (non-hydrogen) atoms. The fourth-order valence-corrected chi connectivity index (χ4v) is 6.67. The summed E-state index contributed by atoms with van der Waals surface area (Å²) in [5, 5.41) is 23.1. The molecule has 9 nitrogen and oxygen atoms in total. The minimum absolute atomic E-state index is 0.201. The monoisotopic (exact) mass is 717 g/mol. The molecule has 1 aliphatic rings. The average molecular weight is 718 g/mol. The molecule has 1 unspecified atom stereocenters. The van der Waals surface area contributed by atoms with E-state index in [-0.39, 0.29) is 12.7 Å². The number of pyridine rings is 2. The van der Waals surface area contributed by atoms with Gasteiger partial charge in [-0.3, -0.25) is 9.97 Å². The first-order chi connectivity index (χ1) is 25.4. The Morgan fingerprint density at radius 3 is 2.42 bits per heavy atom. The summed E-state index contributed by atoms with van der Waals surface area (Å²) in [6, 6.07) is 24.0. The minimum Gasteiger partial charge on any atom is -0.493 e. The largest absolute Gasteiger partial charge is 0.493 e. The van der Waals surface area contributed by atoms with Crippen LogP contribution in [-0.2, 0) is 26.3 Å². The number of β-amino-alcohol motifs (C(OH)–C–C–N with tert-alkyl or cyclic N) is 1.